The summed E-state index contributed by atoms with van der Waals surface area (Å²) in [5, 5.41) is 15.3. The summed E-state index contributed by atoms with van der Waals surface area (Å²) in [6.45, 7) is 2.12. The summed E-state index contributed by atoms with van der Waals surface area (Å²) in [7, 11) is -4.06. The third-order valence-electron chi connectivity index (χ3n) is 6.24. The minimum absolute atomic E-state index is 0.0581. The number of carboxylic acid groups (broad SMARTS) is 1. The number of rotatable bonds is 11. The maximum Gasteiger partial charge on any atom is 0.323 e. The highest BCUT2D eigenvalue weighted by molar-refractivity contribution is 7.89. The van der Waals surface area contributed by atoms with Gasteiger partial charge in [0.05, 0.1) is 4.90 Å². The van der Waals surface area contributed by atoms with Gasteiger partial charge in [0.15, 0.2) is 0 Å². The number of hydrogen-bond donors (Lipinski definition) is 4. The average Bonchev–Trinajstić information content (AvgIpc) is 2.95. The van der Waals surface area contributed by atoms with Crippen LogP contribution in [0.25, 0.3) is 0 Å². The van der Waals surface area contributed by atoms with E-state index in [2.05, 4.69) is 30.2 Å². The Morgan fingerprint density at radius 3 is 2.42 bits per heavy atom. The average molecular weight is 539 g/mol. The molecule has 2 atom stereocenters. The standard InChI is InChI=1S/C26H30N6O5S/c33-24(29-17-23(25(34)35)31-38(36,37)22-7-2-1-3-8-22)20-9-11-21(12-10-20)32-15-4-6-19(18-32)16-30-26-27-13-5-14-28-26/h1-3,5,7-14,19,23,31H,4,6,15-18H2,(H,29,33)(H,34,35)(H,27,28,30). The van der Waals surface area contributed by atoms with Crippen molar-refractivity contribution in [2.24, 2.45) is 5.92 Å². The lowest BCUT2D eigenvalue weighted by Crippen LogP contribution is -2.48. The fourth-order valence-electron chi connectivity index (χ4n) is 4.25. The second kappa shape index (κ2) is 12.5. The number of nitrogens with zero attached hydrogens (tertiary/aromatic N) is 3. The third kappa shape index (κ3) is 7.26. The normalized spacial score (nSPS) is 16.4. The highest BCUT2D eigenvalue weighted by Gasteiger charge is 2.26. The topological polar surface area (TPSA) is 154 Å². The molecule has 38 heavy (non-hydrogen) atoms. The lowest BCUT2D eigenvalue weighted by atomic mass is 9.97. The zero-order chi connectivity index (χ0) is 27.0. The molecule has 1 saturated heterocycles. The lowest BCUT2D eigenvalue weighted by Gasteiger charge is -2.34. The van der Waals surface area contributed by atoms with E-state index in [4.69, 9.17) is 0 Å². The van der Waals surface area contributed by atoms with Crippen molar-refractivity contribution in [1.82, 2.24) is 20.0 Å². The predicted octanol–water partition coefficient (Wildman–Crippen LogP) is 1.97. The minimum atomic E-state index is -4.06. The maximum absolute atomic E-state index is 12.7. The summed E-state index contributed by atoms with van der Waals surface area (Å²) in [4.78, 5) is 34.9. The molecule has 1 aliphatic rings. The van der Waals surface area contributed by atoms with Crippen LogP contribution in [-0.4, -0.2) is 67.6 Å². The molecule has 1 amide bonds. The number of carboxylic acids is 1. The van der Waals surface area contributed by atoms with Crippen molar-refractivity contribution in [2.45, 2.75) is 23.8 Å². The van der Waals surface area contributed by atoms with Gasteiger partial charge in [-0.25, -0.2) is 18.4 Å². The summed E-state index contributed by atoms with van der Waals surface area (Å²) in [5.41, 5.74) is 1.33. The molecule has 0 spiro atoms. The van der Waals surface area contributed by atoms with E-state index in [1.165, 1.54) is 24.3 Å². The molecule has 2 unspecified atom stereocenters. The summed E-state index contributed by atoms with van der Waals surface area (Å²) >= 11 is 0. The van der Waals surface area contributed by atoms with E-state index in [1.54, 1.807) is 36.7 Å². The van der Waals surface area contributed by atoms with Gasteiger partial charge >= 0.3 is 5.97 Å². The highest BCUT2D eigenvalue weighted by atomic mass is 32.2. The number of nitrogens with one attached hydrogen (secondary N) is 3. The van der Waals surface area contributed by atoms with Gasteiger partial charge in [-0.05, 0) is 61.2 Å². The minimum Gasteiger partial charge on any atom is -0.480 e. The van der Waals surface area contributed by atoms with Crippen LogP contribution in [0.5, 0.6) is 0 Å². The number of hydrogen-bond acceptors (Lipinski definition) is 8. The van der Waals surface area contributed by atoms with E-state index >= 15 is 0 Å². The first-order valence-electron chi connectivity index (χ1n) is 12.3. The van der Waals surface area contributed by atoms with Gasteiger partial charge < -0.3 is 20.6 Å². The number of amides is 1. The molecule has 0 aliphatic carbocycles. The fourth-order valence-corrected chi connectivity index (χ4v) is 5.46. The number of piperidine rings is 1. The first-order chi connectivity index (χ1) is 18.3. The quantitative estimate of drug-likeness (QED) is 0.287. The number of carbonyl (C=O) groups is 2. The number of sulfonamides is 1. The van der Waals surface area contributed by atoms with E-state index in [-0.39, 0.29) is 4.90 Å². The first-order valence-corrected chi connectivity index (χ1v) is 13.7. The Bertz CT molecular complexity index is 1320. The van der Waals surface area contributed by atoms with Crippen molar-refractivity contribution in [3.8, 4) is 0 Å². The lowest BCUT2D eigenvalue weighted by molar-refractivity contribution is -0.138. The van der Waals surface area contributed by atoms with E-state index in [0.717, 1.165) is 38.2 Å². The van der Waals surface area contributed by atoms with Crippen LogP contribution in [0.15, 0.2) is 78.0 Å². The molecular formula is C26H30N6O5S. The van der Waals surface area contributed by atoms with Crippen molar-refractivity contribution in [3.05, 3.63) is 78.6 Å². The number of benzene rings is 2. The fraction of sp³-hybridized carbons (Fsp3) is 0.308. The van der Waals surface area contributed by atoms with Gasteiger partial charge in [0, 0.05) is 49.8 Å². The maximum atomic E-state index is 12.7. The van der Waals surface area contributed by atoms with Crippen LogP contribution in [0.2, 0.25) is 0 Å². The molecule has 12 heteroatoms. The molecule has 200 valence electrons. The molecule has 1 fully saturated rings. The third-order valence-corrected chi connectivity index (χ3v) is 7.73. The van der Waals surface area contributed by atoms with Gasteiger partial charge in [-0.3, -0.25) is 9.59 Å². The van der Waals surface area contributed by atoms with Crippen LogP contribution >= 0.6 is 0 Å². The van der Waals surface area contributed by atoms with Crippen LogP contribution in [0, 0.1) is 5.92 Å². The molecule has 4 rings (SSSR count). The van der Waals surface area contributed by atoms with Gasteiger partial charge in [-0.15, -0.1) is 0 Å². The second-order valence-corrected chi connectivity index (χ2v) is 10.7. The van der Waals surface area contributed by atoms with Gasteiger partial charge in [-0.1, -0.05) is 18.2 Å². The summed E-state index contributed by atoms with van der Waals surface area (Å²) in [6.07, 6.45) is 5.53. The van der Waals surface area contributed by atoms with Gasteiger partial charge in [0.2, 0.25) is 16.0 Å². The van der Waals surface area contributed by atoms with Crippen LogP contribution in [-0.2, 0) is 14.8 Å². The summed E-state index contributed by atoms with van der Waals surface area (Å²) in [5.74, 6) is -0.862. The van der Waals surface area contributed by atoms with Crippen LogP contribution < -0.4 is 20.3 Å². The molecule has 4 N–H and O–H groups in total. The van der Waals surface area contributed by atoms with Crippen LogP contribution in [0.1, 0.15) is 23.2 Å². The van der Waals surface area contributed by atoms with E-state index < -0.39 is 34.5 Å². The van der Waals surface area contributed by atoms with Gasteiger partial charge in [0.25, 0.3) is 5.91 Å². The Balaban J connectivity index is 1.30. The van der Waals surface area contributed by atoms with E-state index in [0.29, 0.717) is 17.4 Å². The molecule has 1 aromatic heterocycles. The zero-order valence-electron chi connectivity index (χ0n) is 20.7. The predicted molar refractivity (Wildman–Crippen MR) is 142 cm³/mol. The number of carbonyl (C=O) groups excluding carboxylic acids is 1. The molecule has 11 nitrogen and oxygen atoms in total. The molecular weight excluding hydrogens is 508 g/mol. The Morgan fingerprint density at radius 2 is 1.74 bits per heavy atom. The Hall–Kier alpha value is -4.03. The molecule has 0 bridgehead atoms. The Labute approximate surface area is 221 Å². The number of aliphatic carboxylic acids is 1. The van der Waals surface area contributed by atoms with Crippen molar-refractivity contribution in [2.75, 3.05) is 36.4 Å². The number of aromatic nitrogens is 2. The van der Waals surface area contributed by atoms with Crippen molar-refractivity contribution in [3.63, 3.8) is 0 Å². The van der Waals surface area contributed by atoms with Crippen LogP contribution in [0.3, 0.4) is 0 Å². The number of anilines is 2. The van der Waals surface area contributed by atoms with Crippen molar-refractivity contribution < 1.29 is 23.1 Å². The largest absolute Gasteiger partial charge is 0.480 e. The van der Waals surface area contributed by atoms with E-state index in [9.17, 15) is 23.1 Å². The van der Waals surface area contributed by atoms with Gasteiger partial charge in [-0.2, -0.15) is 4.72 Å². The Morgan fingerprint density at radius 1 is 1.03 bits per heavy atom. The highest BCUT2D eigenvalue weighted by Crippen LogP contribution is 2.24. The SMILES string of the molecule is O=C(NCC(NS(=O)(=O)c1ccccc1)C(=O)O)c1ccc(N2CCCC(CNc3ncccn3)C2)cc1. The molecule has 1 aliphatic heterocycles. The van der Waals surface area contributed by atoms with Crippen molar-refractivity contribution in [1.29, 1.82) is 0 Å². The van der Waals surface area contributed by atoms with Gasteiger partial charge in [0.1, 0.15) is 6.04 Å². The first kappa shape index (κ1) is 27.0. The molecule has 2 aromatic carbocycles. The summed E-state index contributed by atoms with van der Waals surface area (Å²) < 4.78 is 27.1. The van der Waals surface area contributed by atoms with Crippen LogP contribution in [0.4, 0.5) is 11.6 Å². The van der Waals surface area contributed by atoms with E-state index in [1.807, 2.05) is 12.1 Å². The molecule has 0 radical (unpaired) electrons. The Kier molecular flexibility index (Phi) is 8.87. The van der Waals surface area contributed by atoms with Crippen molar-refractivity contribution >= 4 is 33.5 Å². The molecule has 2 heterocycles. The monoisotopic (exact) mass is 538 g/mol. The summed E-state index contributed by atoms with van der Waals surface area (Å²) in [6, 6.07) is 14.8. The second-order valence-electron chi connectivity index (χ2n) is 8.99. The zero-order valence-corrected chi connectivity index (χ0v) is 21.5. The smallest absolute Gasteiger partial charge is 0.323 e. The molecule has 0 saturated carbocycles. The molecule has 3 aromatic rings.